The summed E-state index contributed by atoms with van der Waals surface area (Å²) in [5.74, 6) is -0.568. The van der Waals surface area contributed by atoms with E-state index in [2.05, 4.69) is 0 Å². The Morgan fingerprint density at radius 2 is 2.06 bits per heavy atom. The van der Waals surface area contributed by atoms with Crippen LogP contribution in [-0.2, 0) is 23.7 Å². The summed E-state index contributed by atoms with van der Waals surface area (Å²) in [6, 6.07) is 0. The van der Waals surface area contributed by atoms with Crippen LogP contribution in [0.1, 0.15) is 26.7 Å². The zero-order valence-electron chi connectivity index (χ0n) is 9.69. The van der Waals surface area contributed by atoms with Crippen LogP contribution in [0.3, 0.4) is 0 Å². The molecule has 4 atom stereocenters. The van der Waals surface area contributed by atoms with Crippen molar-refractivity contribution in [3.63, 3.8) is 0 Å². The highest BCUT2D eigenvalue weighted by Gasteiger charge is 2.69. The minimum absolute atomic E-state index is 0.100. The van der Waals surface area contributed by atoms with Crippen molar-refractivity contribution in [1.29, 1.82) is 0 Å². The average Bonchev–Trinajstić information content (AvgIpc) is 2.68. The Labute approximate surface area is 94.0 Å². The molecule has 0 unspecified atom stereocenters. The van der Waals surface area contributed by atoms with E-state index in [1.807, 2.05) is 13.8 Å². The standard InChI is InChI=1S/C11H16O5/c1-10(2)14-7-8(15-10)11(5-4-6(11)12)16-9(7)13-3/h7-9H,4-5H2,1-3H3/t7-,8+,9-,11-/m1/s1. The first-order valence-electron chi connectivity index (χ1n) is 5.58. The second-order valence-corrected chi connectivity index (χ2v) is 5.06. The van der Waals surface area contributed by atoms with E-state index < -0.39 is 17.7 Å². The van der Waals surface area contributed by atoms with Gasteiger partial charge in [-0.15, -0.1) is 0 Å². The van der Waals surface area contributed by atoms with Crippen LogP contribution < -0.4 is 0 Å². The maximum Gasteiger partial charge on any atom is 0.187 e. The Hall–Kier alpha value is -0.490. The lowest BCUT2D eigenvalue weighted by molar-refractivity contribution is -0.254. The molecule has 0 amide bonds. The molecular formula is C11H16O5. The molecule has 2 saturated heterocycles. The quantitative estimate of drug-likeness (QED) is 0.658. The Balaban J connectivity index is 1.92. The van der Waals surface area contributed by atoms with Crippen molar-refractivity contribution in [3.05, 3.63) is 0 Å². The lowest BCUT2D eigenvalue weighted by atomic mass is 9.74. The Kier molecular flexibility index (Phi) is 2.02. The molecule has 0 N–H and O–H groups in total. The maximum atomic E-state index is 11.8. The third kappa shape index (κ3) is 1.17. The number of carbonyl (C=O) groups excluding carboxylic acids is 1. The van der Waals surface area contributed by atoms with E-state index in [9.17, 15) is 4.79 Å². The molecule has 1 saturated carbocycles. The van der Waals surface area contributed by atoms with E-state index in [0.29, 0.717) is 12.8 Å². The lowest BCUT2D eigenvalue weighted by Crippen LogP contribution is -2.56. The Morgan fingerprint density at radius 3 is 2.56 bits per heavy atom. The fraction of sp³-hybridized carbons (Fsp3) is 0.909. The highest BCUT2D eigenvalue weighted by Crippen LogP contribution is 2.51. The molecule has 3 aliphatic rings. The molecule has 5 nitrogen and oxygen atoms in total. The number of hydrogen-bond donors (Lipinski definition) is 0. The topological polar surface area (TPSA) is 54.0 Å². The van der Waals surface area contributed by atoms with Crippen molar-refractivity contribution in [2.24, 2.45) is 0 Å². The molecule has 0 aromatic carbocycles. The van der Waals surface area contributed by atoms with Crippen LogP contribution in [0, 0.1) is 0 Å². The summed E-state index contributed by atoms with van der Waals surface area (Å²) in [5, 5.41) is 0. The zero-order chi connectivity index (χ0) is 11.6. The van der Waals surface area contributed by atoms with Gasteiger partial charge in [0.05, 0.1) is 0 Å². The van der Waals surface area contributed by atoms with Crippen LogP contribution in [-0.4, -0.2) is 42.8 Å². The zero-order valence-corrected chi connectivity index (χ0v) is 9.69. The van der Waals surface area contributed by atoms with Crippen molar-refractivity contribution in [3.8, 4) is 0 Å². The van der Waals surface area contributed by atoms with Crippen molar-refractivity contribution < 1.29 is 23.7 Å². The molecule has 2 aliphatic heterocycles. The van der Waals surface area contributed by atoms with Gasteiger partial charge in [0.15, 0.2) is 23.5 Å². The first kappa shape index (κ1) is 10.7. The van der Waals surface area contributed by atoms with Crippen molar-refractivity contribution in [2.75, 3.05) is 7.11 Å². The third-order valence-electron chi connectivity index (χ3n) is 3.61. The van der Waals surface area contributed by atoms with E-state index in [1.54, 1.807) is 7.11 Å². The molecule has 1 aliphatic carbocycles. The van der Waals surface area contributed by atoms with Gasteiger partial charge in [-0.05, 0) is 20.3 Å². The van der Waals surface area contributed by atoms with Gasteiger partial charge >= 0.3 is 0 Å². The molecule has 1 spiro atoms. The summed E-state index contributed by atoms with van der Waals surface area (Å²) in [4.78, 5) is 11.8. The molecule has 16 heavy (non-hydrogen) atoms. The van der Waals surface area contributed by atoms with Crippen LogP contribution in [0.2, 0.25) is 0 Å². The van der Waals surface area contributed by atoms with E-state index >= 15 is 0 Å². The molecular weight excluding hydrogens is 212 g/mol. The number of carbonyl (C=O) groups is 1. The summed E-state index contributed by atoms with van der Waals surface area (Å²) < 4.78 is 22.4. The van der Waals surface area contributed by atoms with Crippen LogP contribution in [0.5, 0.6) is 0 Å². The molecule has 0 aromatic heterocycles. The van der Waals surface area contributed by atoms with Gasteiger partial charge in [-0.1, -0.05) is 0 Å². The number of methoxy groups -OCH3 is 1. The third-order valence-corrected chi connectivity index (χ3v) is 3.61. The monoisotopic (exact) mass is 228 g/mol. The highest BCUT2D eigenvalue weighted by molar-refractivity contribution is 5.94. The minimum atomic E-state index is -0.806. The van der Waals surface area contributed by atoms with Crippen molar-refractivity contribution in [2.45, 2.75) is 56.6 Å². The van der Waals surface area contributed by atoms with Crippen LogP contribution >= 0.6 is 0 Å². The second-order valence-electron chi connectivity index (χ2n) is 5.06. The van der Waals surface area contributed by atoms with E-state index in [4.69, 9.17) is 18.9 Å². The predicted molar refractivity (Wildman–Crippen MR) is 52.7 cm³/mol. The summed E-state index contributed by atoms with van der Waals surface area (Å²) in [7, 11) is 1.55. The number of hydrogen-bond acceptors (Lipinski definition) is 5. The summed E-state index contributed by atoms with van der Waals surface area (Å²) >= 11 is 0. The molecule has 3 rings (SSSR count). The molecule has 0 aromatic rings. The minimum Gasteiger partial charge on any atom is -0.353 e. The summed E-state index contributed by atoms with van der Waals surface area (Å²) in [6.45, 7) is 3.68. The van der Waals surface area contributed by atoms with Gasteiger partial charge < -0.3 is 18.9 Å². The maximum absolute atomic E-state index is 11.8. The van der Waals surface area contributed by atoms with Gasteiger partial charge in [0.25, 0.3) is 0 Å². The fourth-order valence-electron chi connectivity index (χ4n) is 2.77. The van der Waals surface area contributed by atoms with Gasteiger partial charge in [-0.2, -0.15) is 0 Å². The van der Waals surface area contributed by atoms with Crippen LogP contribution in [0.25, 0.3) is 0 Å². The SMILES string of the molecule is CO[C@@H]1O[C@@]2(CCC2=O)[C@H]2OC(C)(C)O[C@@H]12. The smallest absolute Gasteiger partial charge is 0.187 e. The van der Waals surface area contributed by atoms with Crippen molar-refractivity contribution in [1.82, 2.24) is 0 Å². The number of fused-ring (bicyclic) bond motifs is 2. The van der Waals surface area contributed by atoms with Gasteiger partial charge in [-0.25, -0.2) is 0 Å². The molecule has 3 fully saturated rings. The molecule has 0 radical (unpaired) electrons. The average molecular weight is 228 g/mol. The van der Waals surface area contributed by atoms with Gasteiger partial charge in [-0.3, -0.25) is 4.79 Å². The Bertz CT molecular complexity index is 339. The molecule has 2 heterocycles. The predicted octanol–water partition coefficient (Wildman–Crippen LogP) is 0.611. The van der Waals surface area contributed by atoms with Gasteiger partial charge in [0.2, 0.25) is 0 Å². The summed E-state index contributed by atoms with van der Waals surface area (Å²) in [6.07, 6.45) is 0.129. The van der Waals surface area contributed by atoms with E-state index in [-0.39, 0.29) is 18.0 Å². The fourth-order valence-corrected chi connectivity index (χ4v) is 2.77. The number of Topliss-reactive ketones (excluding diaryl/α,β-unsaturated/α-hetero) is 1. The molecule has 5 heteroatoms. The van der Waals surface area contributed by atoms with Crippen LogP contribution in [0.4, 0.5) is 0 Å². The normalized spacial score (nSPS) is 49.4. The lowest BCUT2D eigenvalue weighted by Gasteiger charge is -2.39. The van der Waals surface area contributed by atoms with E-state index in [1.165, 1.54) is 0 Å². The van der Waals surface area contributed by atoms with E-state index in [0.717, 1.165) is 0 Å². The first-order chi connectivity index (χ1) is 7.48. The highest BCUT2D eigenvalue weighted by atomic mass is 16.8. The molecule has 90 valence electrons. The number of ether oxygens (including phenoxy) is 4. The second kappa shape index (κ2) is 3.04. The first-order valence-corrected chi connectivity index (χ1v) is 5.58. The van der Waals surface area contributed by atoms with Gasteiger partial charge in [0, 0.05) is 13.5 Å². The number of rotatable bonds is 1. The van der Waals surface area contributed by atoms with Gasteiger partial charge in [0.1, 0.15) is 12.2 Å². The van der Waals surface area contributed by atoms with Crippen LogP contribution in [0.15, 0.2) is 0 Å². The Morgan fingerprint density at radius 1 is 1.31 bits per heavy atom. The largest absolute Gasteiger partial charge is 0.353 e. The number of ketones is 1. The van der Waals surface area contributed by atoms with Crippen molar-refractivity contribution >= 4 is 5.78 Å². The summed E-state index contributed by atoms with van der Waals surface area (Å²) in [5.41, 5.74) is -0.806. The molecule has 0 bridgehead atoms.